The van der Waals surface area contributed by atoms with Crippen molar-refractivity contribution in [2.45, 2.75) is 13.3 Å². The molecule has 0 N–H and O–H groups in total. The van der Waals surface area contributed by atoms with E-state index in [1.807, 2.05) is 30.3 Å². The summed E-state index contributed by atoms with van der Waals surface area (Å²) in [5.41, 5.74) is 2.17. The van der Waals surface area contributed by atoms with Crippen LogP contribution in [0.4, 0.5) is 4.39 Å². The Bertz CT molecular complexity index is 772. The third kappa shape index (κ3) is 2.23. The number of carbonyl (C=O) groups is 1. The monoisotopic (exact) mass is 268 g/mol. The summed E-state index contributed by atoms with van der Waals surface area (Å²) in [6.07, 6.45) is 0.282. The van der Waals surface area contributed by atoms with E-state index in [0.717, 1.165) is 5.56 Å². The molecule has 1 heterocycles. The highest BCUT2D eigenvalue weighted by atomic mass is 19.1. The number of halogens is 1. The Morgan fingerprint density at radius 3 is 2.65 bits per heavy atom. The Balaban J connectivity index is 1.98. The minimum Gasteiger partial charge on any atom is -0.453 e. The van der Waals surface area contributed by atoms with Crippen molar-refractivity contribution in [3.63, 3.8) is 0 Å². The summed E-state index contributed by atoms with van der Waals surface area (Å²) >= 11 is 0. The van der Waals surface area contributed by atoms with Crippen LogP contribution in [-0.2, 0) is 6.42 Å². The molecular formula is C17H13FO2. The molecular weight excluding hydrogens is 255 g/mol. The molecule has 100 valence electrons. The van der Waals surface area contributed by atoms with Gasteiger partial charge in [-0.1, -0.05) is 30.3 Å². The van der Waals surface area contributed by atoms with Gasteiger partial charge in [0.2, 0.25) is 5.78 Å². The predicted molar refractivity (Wildman–Crippen MR) is 75.4 cm³/mol. The standard InChI is InChI=1S/C17H13FO2/c1-11-14-10-13(18)7-8-16(14)20-17(11)15(19)9-12-5-3-2-4-6-12/h2-8,10H,9H2,1H3. The molecule has 20 heavy (non-hydrogen) atoms. The number of aryl methyl sites for hydroxylation is 1. The van der Waals surface area contributed by atoms with Gasteiger partial charge in [0.25, 0.3) is 0 Å². The summed E-state index contributed by atoms with van der Waals surface area (Å²) in [6, 6.07) is 13.8. The zero-order chi connectivity index (χ0) is 14.1. The summed E-state index contributed by atoms with van der Waals surface area (Å²) in [6.45, 7) is 1.78. The fourth-order valence-corrected chi connectivity index (χ4v) is 2.32. The quantitative estimate of drug-likeness (QED) is 0.663. The smallest absolute Gasteiger partial charge is 0.202 e. The topological polar surface area (TPSA) is 30.2 Å². The van der Waals surface area contributed by atoms with Gasteiger partial charge in [-0.05, 0) is 30.7 Å². The second-order valence-corrected chi connectivity index (χ2v) is 4.78. The normalized spacial score (nSPS) is 10.9. The van der Waals surface area contributed by atoms with Crippen LogP contribution in [0.2, 0.25) is 0 Å². The van der Waals surface area contributed by atoms with Gasteiger partial charge in [0.1, 0.15) is 11.4 Å². The first-order valence-corrected chi connectivity index (χ1v) is 6.41. The number of fused-ring (bicyclic) bond motifs is 1. The Morgan fingerprint density at radius 2 is 1.90 bits per heavy atom. The molecule has 3 rings (SSSR count). The number of ketones is 1. The van der Waals surface area contributed by atoms with E-state index in [2.05, 4.69) is 0 Å². The summed E-state index contributed by atoms with van der Waals surface area (Å²) in [4.78, 5) is 12.3. The Hall–Kier alpha value is -2.42. The number of Topliss-reactive ketones (excluding diaryl/α,β-unsaturated/α-hetero) is 1. The highest BCUT2D eigenvalue weighted by Crippen LogP contribution is 2.26. The number of hydrogen-bond acceptors (Lipinski definition) is 2. The lowest BCUT2D eigenvalue weighted by molar-refractivity contribution is 0.0967. The molecule has 0 bridgehead atoms. The maximum Gasteiger partial charge on any atom is 0.202 e. The van der Waals surface area contributed by atoms with Crippen molar-refractivity contribution < 1.29 is 13.6 Å². The summed E-state index contributed by atoms with van der Waals surface area (Å²) in [7, 11) is 0. The lowest BCUT2D eigenvalue weighted by Gasteiger charge is -1.99. The minimum atomic E-state index is -0.330. The van der Waals surface area contributed by atoms with Gasteiger partial charge in [-0.3, -0.25) is 4.79 Å². The van der Waals surface area contributed by atoms with Gasteiger partial charge in [-0.2, -0.15) is 0 Å². The van der Waals surface area contributed by atoms with Crippen molar-refractivity contribution in [1.82, 2.24) is 0 Å². The molecule has 0 atom stereocenters. The molecule has 0 unspecified atom stereocenters. The number of furan rings is 1. The minimum absolute atomic E-state index is 0.0923. The second kappa shape index (κ2) is 4.93. The van der Waals surface area contributed by atoms with Crippen LogP contribution in [0.1, 0.15) is 21.7 Å². The van der Waals surface area contributed by atoms with Crippen LogP contribution >= 0.6 is 0 Å². The lowest BCUT2D eigenvalue weighted by atomic mass is 10.0. The van der Waals surface area contributed by atoms with E-state index < -0.39 is 0 Å². The maximum absolute atomic E-state index is 13.2. The SMILES string of the molecule is Cc1c(C(=O)Cc2ccccc2)oc2ccc(F)cc12. The molecule has 0 saturated carbocycles. The molecule has 2 nitrogen and oxygen atoms in total. The van der Waals surface area contributed by atoms with Crippen LogP contribution in [0.25, 0.3) is 11.0 Å². The van der Waals surface area contributed by atoms with Crippen LogP contribution in [0.5, 0.6) is 0 Å². The van der Waals surface area contributed by atoms with Gasteiger partial charge in [-0.25, -0.2) is 4.39 Å². The summed E-state index contributed by atoms with van der Waals surface area (Å²) in [5, 5.41) is 0.654. The Morgan fingerprint density at radius 1 is 1.15 bits per heavy atom. The molecule has 3 aromatic rings. The summed E-state index contributed by atoms with van der Waals surface area (Å²) in [5.74, 6) is -0.108. The first-order chi connectivity index (χ1) is 9.65. The molecule has 0 amide bonds. The highest BCUT2D eigenvalue weighted by Gasteiger charge is 2.18. The van der Waals surface area contributed by atoms with E-state index in [9.17, 15) is 9.18 Å². The maximum atomic E-state index is 13.2. The van der Waals surface area contributed by atoms with E-state index in [1.165, 1.54) is 12.1 Å². The van der Waals surface area contributed by atoms with E-state index in [0.29, 0.717) is 22.3 Å². The van der Waals surface area contributed by atoms with E-state index in [4.69, 9.17) is 4.42 Å². The van der Waals surface area contributed by atoms with Crippen LogP contribution in [-0.4, -0.2) is 5.78 Å². The van der Waals surface area contributed by atoms with Gasteiger partial charge >= 0.3 is 0 Å². The van der Waals surface area contributed by atoms with E-state index in [-0.39, 0.29) is 18.0 Å². The van der Waals surface area contributed by atoms with Crippen molar-refractivity contribution in [2.24, 2.45) is 0 Å². The molecule has 0 aliphatic heterocycles. The molecule has 0 radical (unpaired) electrons. The second-order valence-electron chi connectivity index (χ2n) is 4.78. The van der Waals surface area contributed by atoms with Gasteiger partial charge in [-0.15, -0.1) is 0 Å². The number of benzene rings is 2. The number of rotatable bonds is 3. The molecule has 3 heteroatoms. The number of carbonyl (C=O) groups excluding carboxylic acids is 1. The molecule has 0 fully saturated rings. The van der Waals surface area contributed by atoms with Gasteiger partial charge in [0.15, 0.2) is 5.76 Å². The average molecular weight is 268 g/mol. The largest absolute Gasteiger partial charge is 0.453 e. The van der Waals surface area contributed by atoms with Crippen molar-refractivity contribution in [3.8, 4) is 0 Å². The Labute approximate surface area is 115 Å². The van der Waals surface area contributed by atoms with Crippen molar-refractivity contribution in [1.29, 1.82) is 0 Å². The molecule has 0 aliphatic carbocycles. The van der Waals surface area contributed by atoms with Crippen LogP contribution in [0, 0.1) is 12.7 Å². The van der Waals surface area contributed by atoms with Crippen LogP contribution in [0.3, 0.4) is 0 Å². The zero-order valence-electron chi connectivity index (χ0n) is 11.0. The fraction of sp³-hybridized carbons (Fsp3) is 0.118. The highest BCUT2D eigenvalue weighted by molar-refractivity contribution is 6.01. The molecule has 1 aromatic heterocycles. The van der Waals surface area contributed by atoms with Crippen LogP contribution in [0.15, 0.2) is 52.9 Å². The third-order valence-electron chi connectivity index (χ3n) is 3.36. The van der Waals surface area contributed by atoms with Gasteiger partial charge < -0.3 is 4.42 Å². The zero-order valence-corrected chi connectivity index (χ0v) is 11.0. The van der Waals surface area contributed by atoms with Crippen molar-refractivity contribution in [3.05, 3.63) is 71.2 Å². The van der Waals surface area contributed by atoms with E-state index in [1.54, 1.807) is 13.0 Å². The van der Waals surface area contributed by atoms with Gasteiger partial charge in [0, 0.05) is 17.4 Å². The molecule has 2 aromatic carbocycles. The molecule has 0 spiro atoms. The van der Waals surface area contributed by atoms with E-state index >= 15 is 0 Å². The first kappa shape index (κ1) is 12.6. The lowest BCUT2D eigenvalue weighted by Crippen LogP contribution is -2.03. The molecule has 0 saturated heterocycles. The average Bonchev–Trinajstić information content (AvgIpc) is 2.77. The van der Waals surface area contributed by atoms with Gasteiger partial charge in [0.05, 0.1) is 0 Å². The first-order valence-electron chi connectivity index (χ1n) is 6.41. The molecule has 0 aliphatic rings. The number of hydrogen-bond donors (Lipinski definition) is 0. The fourth-order valence-electron chi connectivity index (χ4n) is 2.32. The van der Waals surface area contributed by atoms with Crippen molar-refractivity contribution in [2.75, 3.05) is 0 Å². The van der Waals surface area contributed by atoms with Crippen molar-refractivity contribution >= 4 is 16.8 Å². The summed E-state index contributed by atoms with van der Waals surface area (Å²) < 4.78 is 18.8. The Kier molecular flexibility index (Phi) is 3.11. The predicted octanol–water partition coefficient (Wildman–Crippen LogP) is 4.31. The third-order valence-corrected chi connectivity index (χ3v) is 3.36. The van der Waals surface area contributed by atoms with Crippen LogP contribution < -0.4 is 0 Å².